The smallest absolute Gasteiger partial charge is 0.254 e. The molecule has 1 fully saturated rings. The molecule has 0 aliphatic carbocycles. The molecule has 1 heterocycles. The van der Waals surface area contributed by atoms with E-state index in [1.165, 1.54) is 12.1 Å². The maximum Gasteiger partial charge on any atom is 0.254 e. The first-order valence-electron chi connectivity index (χ1n) is 6.59. The summed E-state index contributed by atoms with van der Waals surface area (Å²) >= 11 is 3.21. The number of carbonyl (C=O) groups excluding carboxylic acids is 2. The largest absolute Gasteiger partial charge is 0.352 e. The van der Waals surface area contributed by atoms with Crippen LogP contribution in [0.3, 0.4) is 0 Å². The highest BCUT2D eigenvalue weighted by Crippen LogP contribution is 2.15. The molecular formula is C14H16BrFN2O2. The van der Waals surface area contributed by atoms with Gasteiger partial charge in [0.2, 0.25) is 5.91 Å². The topological polar surface area (TPSA) is 49.4 Å². The summed E-state index contributed by atoms with van der Waals surface area (Å²) in [5, 5.41) is 2.67. The maximum absolute atomic E-state index is 13.5. The predicted octanol–water partition coefficient (Wildman–Crippen LogP) is 2.33. The average Bonchev–Trinajstić information content (AvgIpc) is 2.83. The van der Waals surface area contributed by atoms with Crippen molar-refractivity contribution in [2.45, 2.75) is 19.3 Å². The van der Waals surface area contributed by atoms with Gasteiger partial charge in [0.25, 0.3) is 5.91 Å². The minimum Gasteiger partial charge on any atom is -0.352 e. The van der Waals surface area contributed by atoms with E-state index in [1.54, 1.807) is 11.0 Å². The van der Waals surface area contributed by atoms with Gasteiger partial charge in [0.05, 0.1) is 5.56 Å². The SMILES string of the molecule is O=C(NCCCN1CCCC1=O)c1cc(Br)ccc1F. The average molecular weight is 343 g/mol. The van der Waals surface area contributed by atoms with Crippen LogP contribution in [0.15, 0.2) is 22.7 Å². The Morgan fingerprint density at radius 3 is 2.95 bits per heavy atom. The van der Waals surface area contributed by atoms with Gasteiger partial charge < -0.3 is 10.2 Å². The van der Waals surface area contributed by atoms with Crippen molar-refractivity contribution in [1.82, 2.24) is 10.2 Å². The van der Waals surface area contributed by atoms with Crippen LogP contribution < -0.4 is 5.32 Å². The number of rotatable bonds is 5. The fourth-order valence-corrected chi connectivity index (χ4v) is 2.54. The van der Waals surface area contributed by atoms with E-state index in [4.69, 9.17) is 0 Å². The van der Waals surface area contributed by atoms with Crippen LogP contribution in [0, 0.1) is 5.82 Å². The molecule has 1 saturated heterocycles. The number of hydrogen-bond acceptors (Lipinski definition) is 2. The number of nitrogens with one attached hydrogen (secondary N) is 1. The van der Waals surface area contributed by atoms with E-state index in [0.29, 0.717) is 30.4 Å². The molecule has 0 spiro atoms. The Hall–Kier alpha value is -1.43. The van der Waals surface area contributed by atoms with Crippen molar-refractivity contribution in [3.63, 3.8) is 0 Å². The van der Waals surface area contributed by atoms with Gasteiger partial charge in [-0.25, -0.2) is 4.39 Å². The number of carbonyl (C=O) groups is 2. The van der Waals surface area contributed by atoms with Crippen LogP contribution >= 0.6 is 15.9 Å². The molecule has 1 aromatic rings. The van der Waals surface area contributed by atoms with E-state index < -0.39 is 11.7 Å². The Balaban J connectivity index is 1.77. The van der Waals surface area contributed by atoms with Gasteiger partial charge in [-0.1, -0.05) is 15.9 Å². The summed E-state index contributed by atoms with van der Waals surface area (Å²) in [5.74, 6) is -0.800. The molecule has 0 bridgehead atoms. The zero-order valence-corrected chi connectivity index (χ0v) is 12.6. The summed E-state index contributed by atoms with van der Waals surface area (Å²) in [7, 11) is 0. The Morgan fingerprint density at radius 2 is 2.25 bits per heavy atom. The van der Waals surface area contributed by atoms with Crippen LogP contribution in [-0.4, -0.2) is 36.3 Å². The molecule has 1 N–H and O–H groups in total. The van der Waals surface area contributed by atoms with Crippen molar-refractivity contribution >= 4 is 27.7 Å². The first kappa shape index (κ1) is 15.0. The number of hydrogen-bond donors (Lipinski definition) is 1. The molecule has 1 aromatic carbocycles. The van der Waals surface area contributed by atoms with E-state index in [-0.39, 0.29) is 11.5 Å². The third-order valence-corrected chi connectivity index (χ3v) is 3.73. The highest BCUT2D eigenvalue weighted by molar-refractivity contribution is 9.10. The minimum absolute atomic E-state index is 0.0247. The molecule has 0 radical (unpaired) electrons. The zero-order valence-electron chi connectivity index (χ0n) is 11.0. The van der Waals surface area contributed by atoms with E-state index in [9.17, 15) is 14.0 Å². The van der Waals surface area contributed by atoms with Crippen molar-refractivity contribution in [2.24, 2.45) is 0 Å². The summed E-state index contributed by atoms with van der Waals surface area (Å²) in [4.78, 5) is 25.0. The molecule has 2 rings (SSSR count). The van der Waals surface area contributed by atoms with Crippen LogP contribution in [0.2, 0.25) is 0 Å². The van der Waals surface area contributed by atoms with Crippen molar-refractivity contribution in [2.75, 3.05) is 19.6 Å². The highest BCUT2D eigenvalue weighted by Gasteiger charge is 2.19. The second kappa shape index (κ2) is 6.83. The molecule has 0 saturated carbocycles. The lowest BCUT2D eigenvalue weighted by atomic mass is 10.2. The third-order valence-electron chi connectivity index (χ3n) is 3.23. The summed E-state index contributed by atoms with van der Waals surface area (Å²) in [6, 6.07) is 4.25. The first-order chi connectivity index (χ1) is 9.58. The third kappa shape index (κ3) is 3.79. The van der Waals surface area contributed by atoms with E-state index >= 15 is 0 Å². The van der Waals surface area contributed by atoms with Crippen LogP contribution in [0.25, 0.3) is 0 Å². The molecule has 1 aliphatic heterocycles. The molecule has 4 nitrogen and oxygen atoms in total. The normalized spacial score (nSPS) is 14.7. The van der Waals surface area contributed by atoms with Crippen molar-refractivity contribution < 1.29 is 14.0 Å². The molecule has 0 unspecified atom stereocenters. The Bertz CT molecular complexity index is 522. The number of halogens is 2. The second-order valence-corrected chi connectivity index (χ2v) is 5.63. The first-order valence-corrected chi connectivity index (χ1v) is 7.38. The summed E-state index contributed by atoms with van der Waals surface area (Å²) in [6.07, 6.45) is 2.21. The monoisotopic (exact) mass is 342 g/mol. The maximum atomic E-state index is 13.5. The van der Waals surface area contributed by atoms with Gasteiger partial charge in [-0.3, -0.25) is 9.59 Å². The number of benzene rings is 1. The zero-order chi connectivity index (χ0) is 14.5. The molecule has 6 heteroatoms. The van der Waals surface area contributed by atoms with E-state index in [1.807, 2.05) is 0 Å². The number of likely N-dealkylation sites (tertiary alicyclic amines) is 1. The lowest BCUT2D eigenvalue weighted by Crippen LogP contribution is -2.31. The van der Waals surface area contributed by atoms with Gasteiger partial charge in [-0.2, -0.15) is 0 Å². The number of nitrogens with zero attached hydrogens (tertiary/aromatic N) is 1. The van der Waals surface area contributed by atoms with Gasteiger partial charge in [0.1, 0.15) is 5.82 Å². The molecule has 20 heavy (non-hydrogen) atoms. The molecule has 0 aromatic heterocycles. The summed E-state index contributed by atoms with van der Waals surface area (Å²) in [6.45, 7) is 1.86. The fraction of sp³-hybridized carbons (Fsp3) is 0.429. The second-order valence-electron chi connectivity index (χ2n) is 4.72. The van der Waals surface area contributed by atoms with Crippen molar-refractivity contribution in [3.05, 3.63) is 34.1 Å². The van der Waals surface area contributed by atoms with Crippen LogP contribution in [0.4, 0.5) is 4.39 Å². The molecule has 0 atom stereocenters. The Morgan fingerprint density at radius 1 is 1.45 bits per heavy atom. The van der Waals surface area contributed by atoms with Gasteiger partial charge >= 0.3 is 0 Å². The highest BCUT2D eigenvalue weighted by atomic mass is 79.9. The van der Waals surface area contributed by atoms with Crippen molar-refractivity contribution in [1.29, 1.82) is 0 Å². The lowest BCUT2D eigenvalue weighted by molar-refractivity contribution is -0.127. The Labute approximate surface area is 125 Å². The van der Waals surface area contributed by atoms with E-state index in [2.05, 4.69) is 21.2 Å². The molecule has 108 valence electrons. The van der Waals surface area contributed by atoms with Gasteiger partial charge in [0, 0.05) is 30.5 Å². The van der Waals surface area contributed by atoms with E-state index in [0.717, 1.165) is 13.0 Å². The van der Waals surface area contributed by atoms with Crippen LogP contribution in [0.5, 0.6) is 0 Å². The lowest BCUT2D eigenvalue weighted by Gasteiger charge is -2.15. The summed E-state index contributed by atoms with van der Waals surface area (Å²) in [5.41, 5.74) is 0.0247. The molecule has 1 aliphatic rings. The summed E-state index contributed by atoms with van der Waals surface area (Å²) < 4.78 is 14.2. The van der Waals surface area contributed by atoms with Crippen LogP contribution in [-0.2, 0) is 4.79 Å². The van der Waals surface area contributed by atoms with Gasteiger partial charge in [-0.15, -0.1) is 0 Å². The van der Waals surface area contributed by atoms with Crippen LogP contribution in [0.1, 0.15) is 29.6 Å². The Kier molecular flexibility index (Phi) is 5.11. The van der Waals surface area contributed by atoms with Gasteiger partial charge in [0.15, 0.2) is 0 Å². The molecular weight excluding hydrogens is 327 g/mol. The van der Waals surface area contributed by atoms with Crippen molar-refractivity contribution in [3.8, 4) is 0 Å². The van der Waals surface area contributed by atoms with Gasteiger partial charge in [-0.05, 0) is 31.0 Å². The fourth-order valence-electron chi connectivity index (χ4n) is 2.18. The predicted molar refractivity (Wildman–Crippen MR) is 76.9 cm³/mol. The number of amides is 2. The quantitative estimate of drug-likeness (QED) is 0.835. The molecule has 2 amide bonds. The minimum atomic E-state index is -0.541. The standard InChI is InChI=1S/C14H16BrFN2O2/c15-10-4-5-12(16)11(9-10)14(20)17-6-2-8-18-7-1-3-13(18)19/h4-5,9H,1-3,6-8H2,(H,17,20).